The summed E-state index contributed by atoms with van der Waals surface area (Å²) in [5.41, 5.74) is 10.9. The van der Waals surface area contributed by atoms with Crippen molar-refractivity contribution in [2.24, 2.45) is 11.5 Å². The average molecular weight is 423 g/mol. The van der Waals surface area contributed by atoms with Gasteiger partial charge in [0.05, 0.1) is 6.04 Å². The van der Waals surface area contributed by atoms with Crippen LogP contribution in [0.4, 0.5) is 0 Å². The third-order valence-electron chi connectivity index (χ3n) is 3.19. The van der Waals surface area contributed by atoms with E-state index in [1.165, 1.54) is 44.9 Å². The predicted molar refractivity (Wildman–Crippen MR) is 114 cm³/mol. The number of carbonyl (C=O) groups excluding carboxylic acids is 1. The molecule has 0 aliphatic heterocycles. The number of nitrogens with two attached hydrogens (primary N) is 2. The van der Waals surface area contributed by atoms with Gasteiger partial charge in [0.25, 0.3) is 17.9 Å². The number of hydrogen-bond donors (Lipinski definition) is 5. The largest absolute Gasteiger partial charge is 0.481 e. The van der Waals surface area contributed by atoms with Gasteiger partial charge >= 0.3 is 0 Å². The van der Waals surface area contributed by atoms with E-state index in [4.69, 9.17) is 41.2 Å². The standard InChI is InChI=1S/C14H30N2O.3C2H4O2/c1-2-3-4-5-6-7-8-9-10-11-14(17)13(16)12-15;3*1-2(3)4/h13H,2-12,15-16H2,1H3;3*1H3,(H,3,4). The highest BCUT2D eigenvalue weighted by atomic mass is 16.4. The lowest BCUT2D eigenvalue weighted by Crippen LogP contribution is -2.37. The van der Waals surface area contributed by atoms with Crippen LogP contribution in [0.3, 0.4) is 0 Å². The van der Waals surface area contributed by atoms with Gasteiger partial charge in [-0.05, 0) is 6.42 Å². The minimum absolute atomic E-state index is 0.121. The molecule has 0 aromatic heterocycles. The topological polar surface area (TPSA) is 181 Å². The minimum atomic E-state index is -0.833. The molecule has 7 N–H and O–H groups in total. The molecule has 0 aliphatic rings. The summed E-state index contributed by atoms with van der Waals surface area (Å²) in [5, 5.41) is 22.2. The number of unbranched alkanes of at least 4 members (excludes halogenated alkanes) is 8. The number of carboxylic acids is 3. The Morgan fingerprint density at radius 3 is 1.24 bits per heavy atom. The van der Waals surface area contributed by atoms with Gasteiger partial charge in [-0.25, -0.2) is 0 Å². The van der Waals surface area contributed by atoms with Crippen molar-refractivity contribution >= 4 is 23.7 Å². The summed E-state index contributed by atoms with van der Waals surface area (Å²) < 4.78 is 0. The van der Waals surface area contributed by atoms with E-state index in [1.807, 2.05) is 0 Å². The Morgan fingerprint density at radius 1 is 0.690 bits per heavy atom. The molecule has 0 saturated carbocycles. The first-order chi connectivity index (χ1) is 13.4. The second-order valence-electron chi connectivity index (χ2n) is 6.44. The van der Waals surface area contributed by atoms with Gasteiger partial charge in [-0.2, -0.15) is 0 Å². The van der Waals surface area contributed by atoms with E-state index in [2.05, 4.69) is 6.92 Å². The zero-order valence-corrected chi connectivity index (χ0v) is 18.5. The molecule has 0 rings (SSSR count). The maximum absolute atomic E-state index is 11.4. The Morgan fingerprint density at radius 2 is 0.966 bits per heavy atom. The van der Waals surface area contributed by atoms with Crippen LogP contribution in [0.15, 0.2) is 0 Å². The van der Waals surface area contributed by atoms with Gasteiger partial charge in [-0.1, -0.05) is 58.3 Å². The summed E-state index contributed by atoms with van der Waals surface area (Å²) in [6.45, 7) is 5.76. The van der Waals surface area contributed by atoms with Crippen molar-refractivity contribution in [3.05, 3.63) is 0 Å². The Bertz CT molecular complexity index is 375. The molecule has 0 aromatic carbocycles. The summed E-state index contributed by atoms with van der Waals surface area (Å²) in [4.78, 5) is 38.4. The molecular weight excluding hydrogens is 380 g/mol. The van der Waals surface area contributed by atoms with Crippen molar-refractivity contribution in [2.45, 2.75) is 97.9 Å². The number of ketones is 1. The quantitative estimate of drug-likeness (QED) is 0.295. The molecule has 9 heteroatoms. The second-order valence-corrected chi connectivity index (χ2v) is 6.44. The lowest BCUT2D eigenvalue weighted by atomic mass is 10.0. The zero-order chi connectivity index (χ0) is 23.7. The average Bonchev–Trinajstić information content (AvgIpc) is 2.58. The Kier molecular flexibility index (Phi) is 33.6. The fourth-order valence-corrected chi connectivity index (χ4v) is 1.93. The fraction of sp³-hybridized carbons (Fsp3) is 0.800. The van der Waals surface area contributed by atoms with Crippen molar-refractivity contribution in [1.29, 1.82) is 0 Å². The number of aliphatic carboxylic acids is 3. The van der Waals surface area contributed by atoms with E-state index in [1.54, 1.807) is 0 Å². The van der Waals surface area contributed by atoms with Gasteiger partial charge in [0.2, 0.25) is 0 Å². The molecule has 174 valence electrons. The van der Waals surface area contributed by atoms with Crippen molar-refractivity contribution in [1.82, 2.24) is 0 Å². The minimum Gasteiger partial charge on any atom is -0.481 e. The highest BCUT2D eigenvalue weighted by Gasteiger charge is 2.09. The molecule has 1 atom stereocenters. The summed E-state index contributed by atoms with van der Waals surface area (Å²) in [6, 6.07) is -0.441. The fourth-order valence-electron chi connectivity index (χ4n) is 1.93. The molecule has 1 unspecified atom stereocenters. The van der Waals surface area contributed by atoms with Crippen LogP contribution in [0.1, 0.15) is 91.9 Å². The van der Waals surface area contributed by atoms with Gasteiger partial charge < -0.3 is 26.8 Å². The molecular formula is C20H42N2O7. The molecule has 0 amide bonds. The van der Waals surface area contributed by atoms with E-state index < -0.39 is 23.9 Å². The SMILES string of the molecule is CC(=O)O.CC(=O)O.CC(=O)O.CCCCCCCCCCCC(=O)C(N)CN. The van der Waals surface area contributed by atoms with Gasteiger partial charge in [0.1, 0.15) is 0 Å². The number of hydrogen-bond acceptors (Lipinski definition) is 6. The van der Waals surface area contributed by atoms with Crippen molar-refractivity contribution in [2.75, 3.05) is 6.54 Å². The van der Waals surface area contributed by atoms with Gasteiger partial charge in [0, 0.05) is 33.7 Å². The van der Waals surface area contributed by atoms with Crippen LogP contribution in [0, 0.1) is 0 Å². The maximum atomic E-state index is 11.4. The van der Waals surface area contributed by atoms with Crippen LogP contribution < -0.4 is 11.5 Å². The number of Topliss-reactive ketones (excluding diaryl/α,β-unsaturated/α-hetero) is 1. The van der Waals surface area contributed by atoms with Crippen LogP contribution in [-0.4, -0.2) is 51.6 Å². The van der Waals surface area contributed by atoms with Crippen molar-refractivity contribution in [3.63, 3.8) is 0 Å². The van der Waals surface area contributed by atoms with Crippen molar-refractivity contribution < 1.29 is 34.5 Å². The summed E-state index contributed by atoms with van der Waals surface area (Å²) in [7, 11) is 0. The van der Waals surface area contributed by atoms with Crippen LogP contribution in [-0.2, 0) is 19.2 Å². The van der Waals surface area contributed by atoms with E-state index in [0.717, 1.165) is 33.6 Å². The second kappa shape index (κ2) is 28.2. The smallest absolute Gasteiger partial charge is 0.300 e. The van der Waals surface area contributed by atoms with Crippen LogP contribution in [0.25, 0.3) is 0 Å². The molecule has 0 radical (unpaired) electrons. The van der Waals surface area contributed by atoms with E-state index in [0.29, 0.717) is 6.42 Å². The number of carboxylic acid groups (broad SMARTS) is 3. The zero-order valence-electron chi connectivity index (χ0n) is 18.5. The normalized spacial score (nSPS) is 10.0. The molecule has 0 heterocycles. The summed E-state index contributed by atoms with van der Waals surface area (Å²) >= 11 is 0. The van der Waals surface area contributed by atoms with Crippen LogP contribution in [0.5, 0.6) is 0 Å². The molecule has 0 bridgehead atoms. The molecule has 0 aliphatic carbocycles. The third-order valence-corrected chi connectivity index (χ3v) is 3.19. The first-order valence-corrected chi connectivity index (χ1v) is 9.99. The lowest BCUT2D eigenvalue weighted by molar-refractivity contribution is -0.135. The third kappa shape index (κ3) is 66.6. The molecule has 0 saturated heterocycles. The number of rotatable bonds is 12. The van der Waals surface area contributed by atoms with Crippen molar-refractivity contribution in [3.8, 4) is 0 Å². The maximum Gasteiger partial charge on any atom is 0.300 e. The molecule has 0 spiro atoms. The highest BCUT2D eigenvalue weighted by molar-refractivity contribution is 5.83. The van der Waals surface area contributed by atoms with Crippen LogP contribution >= 0.6 is 0 Å². The van der Waals surface area contributed by atoms with Gasteiger partial charge in [-0.3, -0.25) is 19.2 Å². The highest BCUT2D eigenvalue weighted by Crippen LogP contribution is 2.10. The van der Waals surface area contributed by atoms with Gasteiger partial charge in [0.15, 0.2) is 5.78 Å². The molecule has 0 fully saturated rings. The predicted octanol–water partition coefficient (Wildman–Crippen LogP) is 3.04. The van der Waals surface area contributed by atoms with E-state index in [9.17, 15) is 4.79 Å². The summed E-state index contributed by atoms with van der Waals surface area (Å²) in [5.74, 6) is -2.38. The monoisotopic (exact) mass is 422 g/mol. The summed E-state index contributed by atoms with van der Waals surface area (Å²) in [6.07, 6.45) is 12.0. The Balaban J connectivity index is -0.000000212. The van der Waals surface area contributed by atoms with E-state index in [-0.39, 0.29) is 12.3 Å². The molecule has 0 aromatic rings. The molecule has 9 nitrogen and oxygen atoms in total. The first kappa shape index (κ1) is 34.5. The Labute approximate surface area is 174 Å². The molecule has 29 heavy (non-hydrogen) atoms. The first-order valence-electron chi connectivity index (χ1n) is 9.99. The number of carbonyl (C=O) groups is 4. The van der Waals surface area contributed by atoms with E-state index >= 15 is 0 Å². The lowest BCUT2D eigenvalue weighted by Gasteiger charge is -2.07. The Hall–Kier alpha value is -2.00. The van der Waals surface area contributed by atoms with Gasteiger partial charge in [-0.15, -0.1) is 0 Å². The van der Waals surface area contributed by atoms with Crippen LogP contribution in [0.2, 0.25) is 0 Å².